The van der Waals surface area contributed by atoms with E-state index in [2.05, 4.69) is 20.2 Å². The van der Waals surface area contributed by atoms with Gasteiger partial charge in [0.15, 0.2) is 0 Å². The molecule has 1 aliphatic heterocycles. The Kier molecular flexibility index (Phi) is 3.82. The average molecular weight is 275 g/mol. The first-order valence-electron chi connectivity index (χ1n) is 7.36. The summed E-state index contributed by atoms with van der Waals surface area (Å²) in [7, 11) is 0. The third-order valence-corrected chi connectivity index (χ3v) is 3.99. The minimum absolute atomic E-state index is 0.0684. The Morgan fingerprint density at radius 2 is 2.20 bits per heavy atom. The second-order valence-corrected chi connectivity index (χ2v) is 5.65. The summed E-state index contributed by atoms with van der Waals surface area (Å²) in [5, 5.41) is 2.87. The molecule has 1 saturated heterocycles. The zero-order valence-corrected chi connectivity index (χ0v) is 11.6. The van der Waals surface area contributed by atoms with Crippen molar-refractivity contribution < 1.29 is 4.79 Å². The van der Waals surface area contributed by atoms with Gasteiger partial charge in [-0.2, -0.15) is 0 Å². The van der Waals surface area contributed by atoms with Crippen molar-refractivity contribution in [2.45, 2.75) is 31.7 Å². The van der Waals surface area contributed by atoms with E-state index in [0.29, 0.717) is 24.1 Å². The van der Waals surface area contributed by atoms with Gasteiger partial charge in [-0.1, -0.05) is 0 Å². The number of carbonyl (C=O) groups excluding carboxylic acids is 1. The van der Waals surface area contributed by atoms with Crippen molar-refractivity contribution >= 4 is 11.9 Å². The Hall–Kier alpha value is -1.69. The van der Waals surface area contributed by atoms with Crippen molar-refractivity contribution in [1.82, 2.24) is 15.3 Å². The first-order valence-corrected chi connectivity index (χ1v) is 7.36. The van der Waals surface area contributed by atoms with Gasteiger partial charge in [0.2, 0.25) is 5.95 Å². The molecule has 2 fully saturated rings. The number of nitrogens with zero attached hydrogens (tertiary/aromatic N) is 3. The fraction of sp³-hybridized carbons (Fsp3) is 0.643. The zero-order chi connectivity index (χ0) is 13.9. The standard InChI is InChI=1S/C14H21N5O/c15-11(10-3-4-10)9-17-13(20)12-5-6-16-14(18-12)19-7-1-2-8-19/h5-6,10-11H,1-4,7-9,15H2,(H,17,20). The number of hydrogen-bond acceptors (Lipinski definition) is 5. The van der Waals surface area contributed by atoms with E-state index >= 15 is 0 Å². The molecule has 0 radical (unpaired) electrons. The Labute approximate surface area is 118 Å². The summed E-state index contributed by atoms with van der Waals surface area (Å²) in [6.45, 7) is 2.46. The summed E-state index contributed by atoms with van der Waals surface area (Å²) >= 11 is 0. The lowest BCUT2D eigenvalue weighted by Crippen LogP contribution is -2.39. The van der Waals surface area contributed by atoms with Gasteiger partial charge >= 0.3 is 0 Å². The maximum atomic E-state index is 12.1. The molecule has 1 saturated carbocycles. The van der Waals surface area contributed by atoms with E-state index in [-0.39, 0.29) is 11.9 Å². The number of nitrogens with two attached hydrogens (primary N) is 1. The minimum atomic E-state index is -0.163. The molecule has 0 spiro atoms. The molecule has 1 amide bonds. The molecular weight excluding hydrogens is 254 g/mol. The summed E-state index contributed by atoms with van der Waals surface area (Å²) in [6.07, 6.45) is 6.34. The van der Waals surface area contributed by atoms with Crippen LogP contribution in [0.1, 0.15) is 36.2 Å². The molecule has 1 atom stereocenters. The molecule has 6 nitrogen and oxygen atoms in total. The van der Waals surface area contributed by atoms with Crippen LogP contribution in [0.15, 0.2) is 12.3 Å². The van der Waals surface area contributed by atoms with Crippen LogP contribution in [0.3, 0.4) is 0 Å². The first-order chi connectivity index (χ1) is 9.74. The highest BCUT2D eigenvalue weighted by Gasteiger charge is 2.28. The van der Waals surface area contributed by atoms with Crippen molar-refractivity contribution in [3.8, 4) is 0 Å². The monoisotopic (exact) mass is 275 g/mol. The van der Waals surface area contributed by atoms with Crippen molar-refractivity contribution in [2.24, 2.45) is 11.7 Å². The molecule has 2 aliphatic rings. The van der Waals surface area contributed by atoms with Crippen molar-refractivity contribution in [1.29, 1.82) is 0 Å². The third kappa shape index (κ3) is 3.07. The van der Waals surface area contributed by atoms with Gasteiger partial charge in [-0.25, -0.2) is 9.97 Å². The van der Waals surface area contributed by atoms with Crippen LogP contribution in [0.5, 0.6) is 0 Å². The number of amides is 1. The van der Waals surface area contributed by atoms with Gasteiger partial charge < -0.3 is 16.0 Å². The SMILES string of the molecule is NC(CNC(=O)c1ccnc(N2CCCC2)n1)C1CC1. The van der Waals surface area contributed by atoms with Gasteiger partial charge in [-0.3, -0.25) is 4.79 Å². The van der Waals surface area contributed by atoms with Crippen LogP contribution >= 0.6 is 0 Å². The molecule has 3 rings (SSSR count). The molecule has 20 heavy (non-hydrogen) atoms. The Balaban J connectivity index is 1.60. The highest BCUT2D eigenvalue weighted by molar-refractivity contribution is 5.92. The normalized spacial score (nSPS) is 19.9. The maximum absolute atomic E-state index is 12.1. The van der Waals surface area contributed by atoms with Gasteiger partial charge in [-0.05, 0) is 37.7 Å². The number of anilines is 1. The van der Waals surface area contributed by atoms with Crippen LogP contribution in [-0.4, -0.2) is 41.6 Å². The number of aromatic nitrogens is 2. The van der Waals surface area contributed by atoms with Gasteiger partial charge in [-0.15, -0.1) is 0 Å². The Morgan fingerprint density at radius 3 is 2.90 bits per heavy atom. The molecule has 1 aromatic rings. The molecule has 1 aliphatic carbocycles. The molecule has 0 aromatic carbocycles. The summed E-state index contributed by atoms with van der Waals surface area (Å²) in [6, 6.07) is 1.72. The van der Waals surface area contributed by atoms with E-state index in [1.54, 1.807) is 12.3 Å². The highest BCUT2D eigenvalue weighted by atomic mass is 16.1. The van der Waals surface area contributed by atoms with E-state index in [1.807, 2.05) is 0 Å². The van der Waals surface area contributed by atoms with Gasteiger partial charge in [0.25, 0.3) is 5.91 Å². The fourth-order valence-electron chi connectivity index (χ4n) is 2.54. The fourth-order valence-corrected chi connectivity index (χ4v) is 2.54. The van der Waals surface area contributed by atoms with E-state index in [4.69, 9.17) is 5.73 Å². The van der Waals surface area contributed by atoms with Crippen LogP contribution in [0.4, 0.5) is 5.95 Å². The smallest absolute Gasteiger partial charge is 0.270 e. The highest BCUT2D eigenvalue weighted by Crippen LogP contribution is 2.31. The quantitative estimate of drug-likeness (QED) is 0.819. The van der Waals surface area contributed by atoms with Crippen LogP contribution in [0.25, 0.3) is 0 Å². The predicted molar refractivity (Wildman–Crippen MR) is 76.5 cm³/mol. The summed E-state index contributed by atoms with van der Waals surface area (Å²) in [5.41, 5.74) is 6.40. The Bertz CT molecular complexity index is 482. The van der Waals surface area contributed by atoms with Crippen LogP contribution in [-0.2, 0) is 0 Å². The molecule has 6 heteroatoms. The predicted octanol–water partition coefficient (Wildman–Crippen LogP) is 0.544. The molecule has 1 aromatic heterocycles. The molecule has 1 unspecified atom stereocenters. The van der Waals surface area contributed by atoms with Gasteiger partial charge in [0.05, 0.1) is 0 Å². The van der Waals surface area contributed by atoms with Gasteiger partial charge in [0, 0.05) is 31.9 Å². The summed E-state index contributed by atoms with van der Waals surface area (Å²) < 4.78 is 0. The number of rotatable bonds is 5. The van der Waals surface area contributed by atoms with Crippen molar-refractivity contribution in [3.63, 3.8) is 0 Å². The number of carbonyl (C=O) groups is 1. The molecule has 3 N–H and O–H groups in total. The molecule has 2 heterocycles. The Morgan fingerprint density at radius 1 is 1.45 bits per heavy atom. The van der Waals surface area contributed by atoms with Crippen LogP contribution in [0.2, 0.25) is 0 Å². The summed E-state index contributed by atoms with van der Waals surface area (Å²) in [5.74, 6) is 1.08. The van der Waals surface area contributed by atoms with Crippen molar-refractivity contribution in [3.05, 3.63) is 18.0 Å². The van der Waals surface area contributed by atoms with E-state index in [9.17, 15) is 4.79 Å². The lowest BCUT2D eigenvalue weighted by atomic mass is 10.2. The van der Waals surface area contributed by atoms with Gasteiger partial charge in [0.1, 0.15) is 5.69 Å². The molecule has 0 bridgehead atoms. The van der Waals surface area contributed by atoms with E-state index in [1.165, 1.54) is 12.8 Å². The lowest BCUT2D eigenvalue weighted by Gasteiger charge is -2.15. The topological polar surface area (TPSA) is 84.1 Å². The first kappa shape index (κ1) is 13.3. The minimum Gasteiger partial charge on any atom is -0.349 e. The van der Waals surface area contributed by atoms with E-state index in [0.717, 1.165) is 25.9 Å². The second-order valence-electron chi connectivity index (χ2n) is 5.65. The average Bonchev–Trinajstić information content (AvgIpc) is 3.19. The number of hydrogen-bond donors (Lipinski definition) is 2. The third-order valence-electron chi connectivity index (χ3n) is 3.99. The lowest BCUT2D eigenvalue weighted by molar-refractivity contribution is 0.0945. The summed E-state index contributed by atoms with van der Waals surface area (Å²) in [4.78, 5) is 22.8. The van der Waals surface area contributed by atoms with Crippen molar-refractivity contribution in [2.75, 3.05) is 24.5 Å². The van der Waals surface area contributed by atoms with Crippen LogP contribution < -0.4 is 16.0 Å². The molecule has 108 valence electrons. The zero-order valence-electron chi connectivity index (χ0n) is 11.6. The van der Waals surface area contributed by atoms with Crippen LogP contribution in [0, 0.1) is 5.92 Å². The second kappa shape index (κ2) is 5.75. The maximum Gasteiger partial charge on any atom is 0.270 e. The molecular formula is C14H21N5O. The van der Waals surface area contributed by atoms with E-state index < -0.39 is 0 Å². The number of nitrogens with one attached hydrogen (secondary N) is 1. The largest absolute Gasteiger partial charge is 0.349 e.